The standard InChI is InChI=1S/C15H25N3O2/c1-3-6-19-13-8-12(9-17-10-13)15(16)14-11-18(4-2)5-7-20-14/h8-10,14-15H,3-7,11,16H2,1-2H3. The summed E-state index contributed by atoms with van der Waals surface area (Å²) in [6, 6.07) is 1.81. The van der Waals surface area contributed by atoms with Gasteiger partial charge in [0.2, 0.25) is 0 Å². The van der Waals surface area contributed by atoms with E-state index in [-0.39, 0.29) is 12.1 Å². The fourth-order valence-corrected chi connectivity index (χ4v) is 2.37. The predicted octanol–water partition coefficient (Wildman–Crippen LogP) is 1.59. The summed E-state index contributed by atoms with van der Waals surface area (Å²) in [5.74, 6) is 0.781. The minimum absolute atomic E-state index is 0.0203. The zero-order valence-corrected chi connectivity index (χ0v) is 12.4. The van der Waals surface area contributed by atoms with Crippen LogP contribution in [-0.2, 0) is 4.74 Å². The van der Waals surface area contributed by atoms with Crippen LogP contribution in [0.5, 0.6) is 5.75 Å². The highest BCUT2D eigenvalue weighted by Crippen LogP contribution is 2.22. The monoisotopic (exact) mass is 279 g/mol. The molecule has 1 aliphatic heterocycles. The number of aromatic nitrogens is 1. The molecule has 2 rings (SSSR count). The summed E-state index contributed by atoms with van der Waals surface area (Å²) in [6.07, 6.45) is 4.53. The van der Waals surface area contributed by atoms with Gasteiger partial charge < -0.3 is 15.2 Å². The van der Waals surface area contributed by atoms with E-state index in [0.29, 0.717) is 6.61 Å². The molecule has 1 saturated heterocycles. The second-order valence-electron chi connectivity index (χ2n) is 5.13. The van der Waals surface area contributed by atoms with Crippen molar-refractivity contribution in [3.8, 4) is 5.75 Å². The molecule has 0 radical (unpaired) electrons. The number of hydrogen-bond acceptors (Lipinski definition) is 5. The van der Waals surface area contributed by atoms with Gasteiger partial charge in [-0.1, -0.05) is 13.8 Å². The van der Waals surface area contributed by atoms with Gasteiger partial charge >= 0.3 is 0 Å². The molecule has 0 aromatic carbocycles. The fraction of sp³-hybridized carbons (Fsp3) is 0.667. The van der Waals surface area contributed by atoms with Crippen LogP contribution in [0.3, 0.4) is 0 Å². The Balaban J connectivity index is 2.02. The smallest absolute Gasteiger partial charge is 0.137 e. The SMILES string of the molecule is CCCOc1cncc(C(N)C2CN(CC)CCO2)c1. The van der Waals surface area contributed by atoms with Crippen LogP contribution in [0, 0.1) is 0 Å². The largest absolute Gasteiger partial charge is 0.492 e. The topological polar surface area (TPSA) is 60.6 Å². The van der Waals surface area contributed by atoms with Gasteiger partial charge in [-0.15, -0.1) is 0 Å². The Bertz CT molecular complexity index is 414. The lowest BCUT2D eigenvalue weighted by Gasteiger charge is -2.35. The van der Waals surface area contributed by atoms with Gasteiger partial charge in [0.1, 0.15) is 5.75 Å². The summed E-state index contributed by atoms with van der Waals surface area (Å²) < 4.78 is 11.4. The molecular weight excluding hydrogens is 254 g/mol. The number of likely N-dealkylation sites (N-methyl/N-ethyl adjacent to an activating group) is 1. The van der Waals surface area contributed by atoms with E-state index in [1.165, 1.54) is 0 Å². The van der Waals surface area contributed by atoms with Crippen molar-refractivity contribution in [2.24, 2.45) is 5.73 Å². The summed E-state index contributed by atoms with van der Waals surface area (Å²) in [5, 5.41) is 0. The van der Waals surface area contributed by atoms with Crippen LogP contribution in [0.1, 0.15) is 31.9 Å². The van der Waals surface area contributed by atoms with Crippen LogP contribution in [0.4, 0.5) is 0 Å². The molecule has 1 fully saturated rings. The molecular formula is C15H25N3O2. The molecule has 0 spiro atoms. The second kappa shape index (κ2) is 7.57. The quantitative estimate of drug-likeness (QED) is 0.857. The van der Waals surface area contributed by atoms with E-state index in [1.807, 2.05) is 6.07 Å². The normalized spacial score (nSPS) is 21.6. The third-order valence-electron chi connectivity index (χ3n) is 3.62. The van der Waals surface area contributed by atoms with E-state index in [9.17, 15) is 0 Å². The molecule has 112 valence electrons. The van der Waals surface area contributed by atoms with Crippen molar-refractivity contribution in [2.45, 2.75) is 32.4 Å². The molecule has 1 aromatic heterocycles. The van der Waals surface area contributed by atoms with E-state index >= 15 is 0 Å². The average molecular weight is 279 g/mol. The van der Waals surface area contributed by atoms with Gasteiger partial charge in [0, 0.05) is 19.3 Å². The minimum atomic E-state index is -0.165. The van der Waals surface area contributed by atoms with Crippen molar-refractivity contribution in [2.75, 3.05) is 32.8 Å². The Morgan fingerprint density at radius 1 is 1.50 bits per heavy atom. The van der Waals surface area contributed by atoms with Gasteiger partial charge in [-0.2, -0.15) is 0 Å². The van der Waals surface area contributed by atoms with E-state index in [2.05, 4.69) is 23.7 Å². The van der Waals surface area contributed by atoms with Crippen LogP contribution in [-0.4, -0.2) is 48.8 Å². The summed E-state index contributed by atoms with van der Waals surface area (Å²) in [6.45, 7) is 8.57. The average Bonchev–Trinajstić information content (AvgIpc) is 2.52. The van der Waals surface area contributed by atoms with E-state index < -0.39 is 0 Å². The number of hydrogen-bond donors (Lipinski definition) is 1. The van der Waals surface area contributed by atoms with Gasteiger partial charge in [-0.05, 0) is 24.6 Å². The van der Waals surface area contributed by atoms with Gasteiger partial charge in [-0.25, -0.2) is 0 Å². The number of ether oxygens (including phenoxy) is 2. The molecule has 5 heteroatoms. The number of morpholine rings is 1. The van der Waals surface area contributed by atoms with Crippen molar-refractivity contribution in [1.82, 2.24) is 9.88 Å². The first kappa shape index (κ1) is 15.2. The van der Waals surface area contributed by atoms with Gasteiger partial charge in [-0.3, -0.25) is 9.88 Å². The lowest BCUT2D eigenvalue weighted by atomic mass is 10.0. The van der Waals surface area contributed by atoms with Crippen molar-refractivity contribution < 1.29 is 9.47 Å². The molecule has 20 heavy (non-hydrogen) atoms. The van der Waals surface area contributed by atoms with Crippen LogP contribution < -0.4 is 10.5 Å². The molecule has 0 aliphatic carbocycles. The molecule has 1 aromatic rings. The van der Waals surface area contributed by atoms with Crippen molar-refractivity contribution in [3.63, 3.8) is 0 Å². The summed E-state index contributed by atoms with van der Waals surface area (Å²) in [4.78, 5) is 6.58. The third kappa shape index (κ3) is 3.91. The maximum atomic E-state index is 6.34. The van der Waals surface area contributed by atoms with Crippen LogP contribution in [0.2, 0.25) is 0 Å². The van der Waals surface area contributed by atoms with Crippen molar-refractivity contribution in [1.29, 1.82) is 0 Å². The molecule has 1 aliphatic rings. The Morgan fingerprint density at radius 2 is 2.35 bits per heavy atom. The molecule has 0 saturated carbocycles. The summed E-state index contributed by atoms with van der Waals surface area (Å²) >= 11 is 0. The van der Waals surface area contributed by atoms with Gasteiger partial charge in [0.25, 0.3) is 0 Å². The molecule has 0 amide bonds. The van der Waals surface area contributed by atoms with Gasteiger partial charge in [0.15, 0.2) is 0 Å². The second-order valence-corrected chi connectivity index (χ2v) is 5.13. The Morgan fingerprint density at radius 3 is 3.10 bits per heavy atom. The number of nitrogens with zero attached hydrogens (tertiary/aromatic N) is 2. The fourth-order valence-electron chi connectivity index (χ4n) is 2.37. The summed E-state index contributed by atoms with van der Waals surface area (Å²) in [7, 11) is 0. The van der Waals surface area contributed by atoms with Crippen LogP contribution in [0.15, 0.2) is 18.5 Å². The molecule has 0 bridgehead atoms. The lowest BCUT2D eigenvalue weighted by molar-refractivity contribution is -0.0393. The predicted molar refractivity (Wildman–Crippen MR) is 78.8 cm³/mol. The Labute approximate surface area is 121 Å². The number of rotatable bonds is 6. The highest BCUT2D eigenvalue weighted by molar-refractivity contribution is 5.26. The maximum Gasteiger partial charge on any atom is 0.137 e. The zero-order valence-electron chi connectivity index (χ0n) is 12.4. The van der Waals surface area contributed by atoms with Crippen LogP contribution in [0.25, 0.3) is 0 Å². The van der Waals surface area contributed by atoms with Crippen LogP contribution >= 0.6 is 0 Å². The first-order chi connectivity index (χ1) is 9.74. The first-order valence-corrected chi connectivity index (χ1v) is 7.41. The van der Waals surface area contributed by atoms with Gasteiger partial charge in [0.05, 0.1) is 31.6 Å². The lowest BCUT2D eigenvalue weighted by Crippen LogP contribution is -2.46. The van der Waals surface area contributed by atoms with Crippen molar-refractivity contribution in [3.05, 3.63) is 24.0 Å². The third-order valence-corrected chi connectivity index (χ3v) is 3.62. The van der Waals surface area contributed by atoms with E-state index in [0.717, 1.165) is 44.0 Å². The Hall–Kier alpha value is -1.17. The Kier molecular flexibility index (Phi) is 5.76. The molecule has 2 unspecified atom stereocenters. The molecule has 2 N–H and O–H groups in total. The highest BCUT2D eigenvalue weighted by Gasteiger charge is 2.26. The molecule has 2 atom stereocenters. The first-order valence-electron chi connectivity index (χ1n) is 7.41. The maximum absolute atomic E-state index is 6.34. The molecule has 2 heterocycles. The zero-order chi connectivity index (χ0) is 14.4. The number of nitrogens with two attached hydrogens (primary N) is 1. The molecule has 5 nitrogen and oxygen atoms in total. The minimum Gasteiger partial charge on any atom is -0.492 e. The summed E-state index contributed by atoms with van der Waals surface area (Å²) in [5.41, 5.74) is 7.31. The van der Waals surface area contributed by atoms with E-state index in [4.69, 9.17) is 15.2 Å². The highest BCUT2D eigenvalue weighted by atomic mass is 16.5. The van der Waals surface area contributed by atoms with Crippen molar-refractivity contribution >= 4 is 0 Å². The van der Waals surface area contributed by atoms with E-state index in [1.54, 1.807) is 12.4 Å². The number of pyridine rings is 1.